The Morgan fingerprint density at radius 3 is 2.87 bits per heavy atom. The Morgan fingerprint density at radius 1 is 1.60 bits per heavy atom. The first kappa shape index (κ1) is 13.6. The first-order chi connectivity index (χ1) is 6.68. The zero-order chi connectivity index (χ0) is 10.4. The summed E-state index contributed by atoms with van der Waals surface area (Å²) in [4.78, 5) is 20.8. The van der Waals surface area contributed by atoms with Gasteiger partial charge in [-0.15, -0.1) is 5.21 Å². The van der Waals surface area contributed by atoms with Gasteiger partial charge in [0, 0.05) is 0 Å². The van der Waals surface area contributed by atoms with Gasteiger partial charge in [0.25, 0.3) is 0 Å². The number of hydrogen-bond acceptors (Lipinski definition) is 5. The summed E-state index contributed by atoms with van der Waals surface area (Å²) in [5, 5.41) is 19.3. The van der Waals surface area contributed by atoms with E-state index in [2.05, 4.69) is 26.3 Å². The molecule has 15 heavy (non-hydrogen) atoms. The Kier molecular flexibility index (Phi) is 6.34. The maximum Gasteiger partial charge on any atom is 1.00 e. The van der Waals surface area contributed by atoms with Crippen LogP contribution < -0.4 is 5.32 Å². The maximum absolute atomic E-state index is 10.8. The van der Waals surface area contributed by atoms with Crippen LogP contribution in [0.15, 0.2) is 0 Å². The van der Waals surface area contributed by atoms with Gasteiger partial charge in [0.2, 0.25) is 0 Å². The first-order valence-corrected chi connectivity index (χ1v) is 3.58. The molecule has 0 radical (unpaired) electrons. The zero-order valence-corrected chi connectivity index (χ0v) is 9.45. The van der Waals surface area contributed by atoms with E-state index in [1.165, 1.54) is 0 Å². The van der Waals surface area contributed by atoms with E-state index in [9.17, 15) is 9.59 Å². The molecular formula is C6H7AuN4O4. The predicted octanol–water partition coefficient (Wildman–Crippen LogP) is -1.09. The molecule has 0 aliphatic rings. The van der Waals surface area contributed by atoms with Crippen molar-refractivity contribution in [2.75, 3.05) is 6.54 Å². The summed E-state index contributed by atoms with van der Waals surface area (Å²) in [5.41, 5.74) is 0.399. The molecule has 0 saturated heterocycles. The summed E-state index contributed by atoms with van der Waals surface area (Å²) in [6.07, 6.45) is 1.60. The summed E-state index contributed by atoms with van der Waals surface area (Å²) in [5.74, 6) is -1.14. The number of carbonyl (C=O) groups is 2. The summed E-state index contributed by atoms with van der Waals surface area (Å²) >= 11 is 0. The van der Waals surface area contributed by atoms with E-state index in [-0.39, 0.29) is 29.0 Å². The Morgan fingerprint density at radius 2 is 2.33 bits per heavy atom. The fourth-order valence-electron chi connectivity index (χ4n) is 0.597. The molecule has 0 fully saturated rings. The van der Waals surface area contributed by atoms with Crippen molar-refractivity contribution in [2.24, 2.45) is 0 Å². The van der Waals surface area contributed by atoms with E-state index in [0.717, 1.165) is 0 Å². The summed E-state index contributed by atoms with van der Waals surface area (Å²) in [7, 11) is 0. The average Bonchev–Trinajstić information content (AvgIpc) is 2.63. The number of carbonyl (C=O) groups excluding carboxylic acids is 1. The summed E-state index contributed by atoms with van der Waals surface area (Å²) in [6, 6.07) is 0. The number of rotatable bonds is 4. The minimum Gasteiger partial charge on any atom is -0.480 e. The number of nitrogens with one attached hydrogen (secondary N) is 2. The van der Waals surface area contributed by atoms with Crippen LogP contribution in [0.3, 0.4) is 0 Å². The van der Waals surface area contributed by atoms with Crippen LogP contribution in [0.5, 0.6) is 0 Å². The number of H-pyrrole nitrogens is 1. The van der Waals surface area contributed by atoms with E-state index >= 15 is 0 Å². The molecule has 0 spiro atoms. The molecule has 0 saturated carbocycles. The summed E-state index contributed by atoms with van der Waals surface area (Å²) < 4.78 is 4.58. The van der Waals surface area contributed by atoms with Gasteiger partial charge in [-0.25, -0.2) is 4.79 Å². The average molecular weight is 396 g/mol. The van der Waals surface area contributed by atoms with Gasteiger partial charge in [0.05, 0.1) is 0 Å². The molecule has 1 aromatic rings. The first-order valence-electron chi connectivity index (χ1n) is 3.58. The standard InChI is InChI=1S/C6H7N4O4.Au/c11-5(12)2-7-6(13)14-3-4-1-8-10-9-4;/h2-3H2,(H,7,13)(H,11,12)(H,8,9,10);/q-1;+1. The number of ether oxygens (including phenoxy) is 1. The molecule has 8 nitrogen and oxygen atoms in total. The SMILES string of the molecule is O=C(O)CNC(=O)OCc1[c-]nn[nH]1.[Au+]. The molecule has 1 rings (SSSR count). The van der Waals surface area contributed by atoms with Crippen molar-refractivity contribution in [3.63, 3.8) is 0 Å². The van der Waals surface area contributed by atoms with E-state index in [1.807, 2.05) is 5.32 Å². The van der Waals surface area contributed by atoms with Crippen LogP contribution in [0.4, 0.5) is 4.79 Å². The van der Waals surface area contributed by atoms with Gasteiger partial charge in [-0.05, 0) is 0 Å². The molecule has 0 bridgehead atoms. The Balaban J connectivity index is 0.00000196. The van der Waals surface area contributed by atoms with Crippen LogP contribution >= 0.6 is 0 Å². The third kappa shape index (κ3) is 5.83. The topological polar surface area (TPSA) is 117 Å². The molecular weight excluding hydrogens is 389 g/mol. The number of aliphatic carboxylic acids is 1. The van der Waals surface area contributed by atoms with Crippen LogP contribution in [-0.4, -0.2) is 39.1 Å². The summed E-state index contributed by atoms with van der Waals surface area (Å²) in [6.45, 7) is -0.567. The number of hydrogen-bond donors (Lipinski definition) is 3. The van der Waals surface area contributed by atoms with E-state index in [0.29, 0.717) is 5.69 Å². The Bertz CT molecular complexity index is 315. The van der Waals surface area contributed by atoms with Gasteiger partial charge >= 0.3 is 34.4 Å². The number of aromatic amines is 1. The number of carboxylic acid groups (broad SMARTS) is 1. The van der Waals surface area contributed by atoms with Crippen LogP contribution in [0, 0.1) is 6.20 Å². The third-order valence-electron chi connectivity index (χ3n) is 1.15. The fourth-order valence-corrected chi connectivity index (χ4v) is 0.597. The van der Waals surface area contributed by atoms with Crippen molar-refractivity contribution < 1.29 is 41.8 Å². The van der Waals surface area contributed by atoms with Gasteiger partial charge in [-0.3, -0.25) is 9.89 Å². The minimum absolute atomic E-state index is 0. The second-order valence-corrected chi connectivity index (χ2v) is 2.23. The number of nitrogens with zero attached hydrogens (tertiary/aromatic N) is 2. The predicted molar refractivity (Wildman–Crippen MR) is 41.0 cm³/mol. The van der Waals surface area contributed by atoms with Crippen LogP contribution in [0.2, 0.25) is 0 Å². The normalized spacial score (nSPS) is 8.80. The number of alkyl carbamates (subject to hydrolysis) is 1. The second-order valence-electron chi connectivity index (χ2n) is 2.23. The van der Waals surface area contributed by atoms with Crippen molar-refractivity contribution in [1.82, 2.24) is 20.7 Å². The van der Waals surface area contributed by atoms with E-state index in [1.54, 1.807) is 0 Å². The Hall–Kier alpha value is -1.38. The largest absolute Gasteiger partial charge is 1.00 e. The molecule has 1 aromatic heterocycles. The quantitative estimate of drug-likeness (QED) is 0.440. The van der Waals surface area contributed by atoms with Gasteiger partial charge in [-0.1, -0.05) is 5.69 Å². The molecule has 9 heteroatoms. The van der Waals surface area contributed by atoms with Crippen LogP contribution in [0.1, 0.15) is 5.69 Å². The van der Waals surface area contributed by atoms with Crippen molar-refractivity contribution in [3.05, 3.63) is 11.9 Å². The third-order valence-corrected chi connectivity index (χ3v) is 1.15. The van der Waals surface area contributed by atoms with Gasteiger partial charge in [-0.2, -0.15) is 0 Å². The number of carboxylic acids is 1. The monoisotopic (exact) mass is 396 g/mol. The zero-order valence-electron chi connectivity index (χ0n) is 7.28. The van der Waals surface area contributed by atoms with Crippen molar-refractivity contribution >= 4 is 12.1 Å². The van der Waals surface area contributed by atoms with Crippen LogP contribution in [0.25, 0.3) is 0 Å². The van der Waals surface area contributed by atoms with Crippen molar-refractivity contribution in [2.45, 2.75) is 6.61 Å². The number of aromatic nitrogens is 3. The molecule has 1 heterocycles. The molecule has 0 aliphatic heterocycles. The van der Waals surface area contributed by atoms with Crippen LogP contribution in [-0.2, 0) is 38.5 Å². The van der Waals surface area contributed by atoms with Gasteiger partial charge < -0.3 is 26.5 Å². The Labute approximate surface area is 99.9 Å². The van der Waals surface area contributed by atoms with Gasteiger partial charge in [0.15, 0.2) is 0 Å². The maximum atomic E-state index is 10.8. The fraction of sp³-hybridized carbons (Fsp3) is 0.333. The molecule has 0 aliphatic carbocycles. The molecule has 0 aromatic carbocycles. The molecule has 86 valence electrons. The minimum atomic E-state index is -1.14. The molecule has 0 atom stereocenters. The second kappa shape index (κ2) is 6.98. The van der Waals surface area contributed by atoms with E-state index in [4.69, 9.17) is 5.11 Å². The smallest absolute Gasteiger partial charge is 0.480 e. The molecule has 1 amide bonds. The van der Waals surface area contributed by atoms with Gasteiger partial charge in [0.1, 0.15) is 13.2 Å². The van der Waals surface area contributed by atoms with Crippen molar-refractivity contribution in [1.29, 1.82) is 0 Å². The number of amides is 1. The molecule has 0 unspecified atom stereocenters. The van der Waals surface area contributed by atoms with Crippen molar-refractivity contribution in [3.8, 4) is 0 Å². The molecule has 3 N–H and O–H groups in total. The van der Waals surface area contributed by atoms with E-state index < -0.39 is 18.6 Å².